The van der Waals surface area contributed by atoms with E-state index in [-0.39, 0.29) is 5.69 Å². The van der Waals surface area contributed by atoms with E-state index >= 15 is 0 Å². The van der Waals surface area contributed by atoms with Crippen LogP contribution in [-0.4, -0.2) is 10.2 Å². The van der Waals surface area contributed by atoms with Gasteiger partial charge in [0.1, 0.15) is 17.5 Å². The second-order valence-electron chi connectivity index (χ2n) is 5.04. The number of aromatic amines is 2. The van der Waals surface area contributed by atoms with Gasteiger partial charge in [-0.2, -0.15) is 0 Å². The van der Waals surface area contributed by atoms with Crippen molar-refractivity contribution in [2.24, 2.45) is 0 Å². The smallest absolute Gasteiger partial charge is 0.146 e. The van der Waals surface area contributed by atoms with E-state index in [1.54, 1.807) is 0 Å². The van der Waals surface area contributed by atoms with E-state index in [0.717, 1.165) is 40.2 Å². The van der Waals surface area contributed by atoms with Crippen molar-refractivity contribution in [2.45, 2.75) is 0 Å². The molecule has 2 aromatic rings. The zero-order valence-corrected chi connectivity index (χ0v) is 11.9. The molecule has 0 amide bonds. The Bertz CT molecular complexity index is 957. The van der Waals surface area contributed by atoms with E-state index in [0.29, 0.717) is 10.8 Å². The van der Waals surface area contributed by atoms with Crippen molar-refractivity contribution in [3.05, 3.63) is 59.1 Å². The Kier molecular flexibility index (Phi) is 2.84. The third-order valence-corrected chi connectivity index (χ3v) is 3.86. The van der Waals surface area contributed by atoms with Crippen molar-refractivity contribution >= 4 is 33.9 Å². The molecule has 0 bridgehead atoms. The third-order valence-electron chi connectivity index (χ3n) is 3.62. The fraction of sp³-hybridized carbons (Fsp3) is 0. The van der Waals surface area contributed by atoms with Gasteiger partial charge >= 0.3 is 0 Å². The van der Waals surface area contributed by atoms with Gasteiger partial charge in [0.15, 0.2) is 0 Å². The maximum Gasteiger partial charge on any atom is 0.146 e. The lowest BCUT2D eigenvalue weighted by Gasteiger charge is -2.06. The predicted octanol–water partition coefficient (Wildman–Crippen LogP) is 5.28. The van der Waals surface area contributed by atoms with Gasteiger partial charge in [-0.15, -0.1) is 0 Å². The molecule has 4 rings (SSSR count). The third kappa shape index (κ3) is 2.02. The van der Waals surface area contributed by atoms with Crippen LogP contribution in [0.15, 0.2) is 42.5 Å². The molecule has 2 aliphatic rings. The number of hydrogen-bond acceptors (Lipinski definition) is 1. The van der Waals surface area contributed by atoms with Gasteiger partial charge in [-0.1, -0.05) is 17.7 Å². The molecule has 3 nitrogen and oxygen atoms in total. The Labute approximate surface area is 129 Å². The quantitative estimate of drug-likeness (QED) is 0.463. The number of fused-ring (bicyclic) bond motifs is 3. The minimum Gasteiger partial charge on any atom is -0.338 e. The number of anilines is 2. The van der Waals surface area contributed by atoms with Gasteiger partial charge in [-0.3, -0.25) is 10.2 Å². The average molecular weight is 318 g/mol. The summed E-state index contributed by atoms with van der Waals surface area (Å²) >= 11 is 6.00. The Balaban J connectivity index is 1.81. The van der Waals surface area contributed by atoms with Crippen LogP contribution in [-0.2, 0) is 0 Å². The minimum atomic E-state index is -0.525. The van der Waals surface area contributed by atoms with Gasteiger partial charge in [0.2, 0.25) is 0 Å². The highest BCUT2D eigenvalue weighted by Crippen LogP contribution is 2.39. The molecule has 0 atom stereocenters. The Morgan fingerprint density at radius 2 is 1.82 bits per heavy atom. The van der Waals surface area contributed by atoms with Gasteiger partial charge in [0, 0.05) is 22.0 Å². The van der Waals surface area contributed by atoms with Crippen LogP contribution in [0.1, 0.15) is 0 Å². The molecule has 6 heteroatoms. The molecule has 0 saturated carbocycles. The fourth-order valence-electron chi connectivity index (χ4n) is 2.60. The van der Waals surface area contributed by atoms with Gasteiger partial charge in [0.25, 0.3) is 0 Å². The Morgan fingerprint density at radius 1 is 0.955 bits per heavy atom. The van der Waals surface area contributed by atoms with Crippen LogP contribution in [0.4, 0.5) is 20.3 Å². The van der Waals surface area contributed by atoms with Crippen molar-refractivity contribution in [1.29, 1.82) is 0 Å². The van der Waals surface area contributed by atoms with Crippen LogP contribution < -0.4 is 5.32 Å². The van der Waals surface area contributed by atoms with Crippen LogP contribution in [0.3, 0.4) is 0 Å². The summed E-state index contributed by atoms with van der Waals surface area (Å²) < 4.78 is 27.0. The summed E-state index contributed by atoms with van der Waals surface area (Å²) in [5.41, 5.74) is 1.80. The average Bonchev–Trinajstić information content (AvgIpc) is 3.02. The van der Waals surface area contributed by atoms with E-state index in [1.807, 2.05) is 24.3 Å². The molecule has 110 valence electrons. The first kappa shape index (κ1) is 13.2. The van der Waals surface area contributed by atoms with E-state index < -0.39 is 11.6 Å². The molecule has 0 unspecified atom stereocenters. The van der Waals surface area contributed by atoms with Crippen LogP contribution in [0.25, 0.3) is 22.0 Å². The van der Waals surface area contributed by atoms with Crippen molar-refractivity contribution in [3.63, 3.8) is 0 Å². The van der Waals surface area contributed by atoms with Crippen LogP contribution in [0, 0.1) is 11.6 Å². The summed E-state index contributed by atoms with van der Waals surface area (Å²) in [6.45, 7) is 0. The van der Waals surface area contributed by atoms with Gasteiger partial charge < -0.3 is 5.32 Å². The number of halogens is 3. The molecule has 0 saturated heterocycles. The predicted molar refractivity (Wildman–Crippen MR) is 83.9 cm³/mol. The molecule has 1 heterocycles. The van der Waals surface area contributed by atoms with Crippen LogP contribution >= 0.6 is 11.6 Å². The molecule has 0 aromatic heterocycles. The van der Waals surface area contributed by atoms with Gasteiger partial charge in [-0.25, -0.2) is 8.78 Å². The van der Waals surface area contributed by atoms with Crippen LogP contribution in [0.2, 0.25) is 5.02 Å². The first-order valence-electron chi connectivity index (χ1n) is 6.62. The van der Waals surface area contributed by atoms with E-state index in [4.69, 9.17) is 11.6 Å². The lowest BCUT2D eigenvalue weighted by Crippen LogP contribution is -1.95. The summed E-state index contributed by atoms with van der Waals surface area (Å²) in [5, 5.41) is 11.5. The van der Waals surface area contributed by atoms with Crippen molar-refractivity contribution in [1.82, 2.24) is 10.2 Å². The monoisotopic (exact) mass is 317 g/mol. The molecule has 3 N–H and O–H groups in total. The zero-order chi connectivity index (χ0) is 15.3. The van der Waals surface area contributed by atoms with E-state index in [1.165, 1.54) is 0 Å². The maximum absolute atomic E-state index is 13.7. The van der Waals surface area contributed by atoms with Crippen molar-refractivity contribution in [3.8, 4) is 11.3 Å². The number of H-pyrrole nitrogens is 2. The second-order valence-corrected chi connectivity index (χ2v) is 5.48. The Hall–Kier alpha value is -2.53. The number of aromatic nitrogens is 2. The number of nitrogens with one attached hydrogen (secondary N) is 3. The normalized spacial score (nSPS) is 11.4. The summed E-state index contributed by atoms with van der Waals surface area (Å²) in [6, 6.07) is 10.8. The lowest BCUT2D eigenvalue weighted by molar-refractivity contribution is 0.603. The van der Waals surface area contributed by atoms with Crippen molar-refractivity contribution in [2.75, 3.05) is 5.32 Å². The molecule has 0 radical (unpaired) electrons. The van der Waals surface area contributed by atoms with Crippen LogP contribution in [0.5, 0.6) is 0 Å². The van der Waals surface area contributed by atoms with Gasteiger partial charge in [-0.05, 0) is 35.7 Å². The van der Waals surface area contributed by atoms with E-state index in [2.05, 4.69) is 15.5 Å². The summed E-state index contributed by atoms with van der Waals surface area (Å²) in [4.78, 5) is 0. The maximum atomic E-state index is 13.7. The number of hydrogen-bond donors (Lipinski definition) is 3. The lowest BCUT2D eigenvalue weighted by atomic mass is 10.2. The largest absolute Gasteiger partial charge is 0.338 e. The minimum absolute atomic E-state index is 0.0699. The number of benzene rings is 2. The topological polar surface area (TPSA) is 43.6 Å². The number of rotatable bonds is 2. The molecule has 2 aromatic carbocycles. The van der Waals surface area contributed by atoms with E-state index in [9.17, 15) is 8.78 Å². The fourth-order valence-corrected chi connectivity index (χ4v) is 2.78. The molecule has 0 spiro atoms. The first-order chi connectivity index (χ1) is 10.6. The highest BCUT2D eigenvalue weighted by Gasteiger charge is 2.17. The van der Waals surface area contributed by atoms with Gasteiger partial charge in [0.05, 0.1) is 11.4 Å². The molecular weight excluding hydrogens is 308 g/mol. The molecule has 22 heavy (non-hydrogen) atoms. The molecule has 1 aliphatic carbocycles. The first-order valence-corrected chi connectivity index (χ1v) is 7.00. The molecule has 1 aliphatic heterocycles. The Morgan fingerprint density at radius 3 is 2.68 bits per heavy atom. The highest BCUT2D eigenvalue weighted by molar-refractivity contribution is 6.31. The van der Waals surface area contributed by atoms with Crippen molar-refractivity contribution < 1.29 is 8.78 Å². The standard InChI is InChI=1S/C16H10ClF2N3/c17-9-1-3-11-8(5-9)6-12-15(11)21-22-16(12)20-14-7-10(18)2-4-13(14)19/h1-7,20-22H. The zero-order valence-electron chi connectivity index (χ0n) is 11.2. The summed E-state index contributed by atoms with van der Waals surface area (Å²) in [6.07, 6.45) is 0. The molecule has 0 fully saturated rings. The summed E-state index contributed by atoms with van der Waals surface area (Å²) in [5.74, 6) is -0.467. The molecular formula is C16H10ClF2N3. The summed E-state index contributed by atoms with van der Waals surface area (Å²) in [7, 11) is 0. The highest BCUT2D eigenvalue weighted by atomic mass is 35.5. The second kappa shape index (κ2) is 4.74. The SMILES string of the molecule is Fc1ccc(F)c(Nc2[nH][nH]c3c4ccc(Cl)cc4cc2-3)c1.